The molecule has 2 bridgehead atoms. The van der Waals surface area contributed by atoms with Gasteiger partial charge in [0.05, 0.1) is 11.4 Å². The molecule has 0 aliphatic carbocycles. The van der Waals surface area contributed by atoms with Crippen molar-refractivity contribution in [3.63, 3.8) is 0 Å². The monoisotopic (exact) mass is 468 g/mol. The highest BCUT2D eigenvalue weighted by Crippen LogP contribution is 2.46. The molecule has 2 atom stereocenters. The van der Waals surface area contributed by atoms with E-state index >= 15 is 0 Å². The van der Waals surface area contributed by atoms with Gasteiger partial charge in [-0.2, -0.15) is 8.42 Å². The minimum absolute atomic E-state index is 0.000239. The summed E-state index contributed by atoms with van der Waals surface area (Å²) in [5.41, 5.74) is -0.539. The quantitative estimate of drug-likeness (QED) is 0.746. The third-order valence-corrected chi connectivity index (χ3v) is 8.03. The van der Waals surface area contributed by atoms with Gasteiger partial charge in [-0.3, -0.25) is 4.90 Å². The van der Waals surface area contributed by atoms with Crippen LogP contribution in [-0.2, 0) is 10.2 Å². The summed E-state index contributed by atoms with van der Waals surface area (Å²) in [5, 5.41) is 9.23. The highest BCUT2D eigenvalue weighted by atomic mass is 32.2. The summed E-state index contributed by atoms with van der Waals surface area (Å²) in [6.07, 6.45) is -0.277. The van der Waals surface area contributed by atoms with Crippen molar-refractivity contribution < 1.29 is 31.5 Å². The molecule has 12 heteroatoms. The minimum atomic E-state index is -4.39. The topological polar surface area (TPSA) is 84.4 Å². The van der Waals surface area contributed by atoms with E-state index < -0.39 is 39.4 Å². The first-order valence-electron chi connectivity index (χ1n) is 9.98. The molecule has 2 saturated heterocycles. The fraction of sp³-hybridized carbons (Fsp3) is 0.350. The minimum Gasteiger partial charge on any atom is -0.465 e. The number of hydrogen-bond donors (Lipinski definition) is 1. The molecular weight excluding hydrogens is 449 g/mol. The summed E-state index contributed by atoms with van der Waals surface area (Å²) in [7, 11) is -4.39. The zero-order chi connectivity index (χ0) is 22.8. The summed E-state index contributed by atoms with van der Waals surface area (Å²) in [5.74, 6) is -3.80. The number of carboxylic acid groups (broad SMARTS) is 1. The predicted molar refractivity (Wildman–Crippen MR) is 110 cm³/mol. The first kappa shape index (κ1) is 20.9. The van der Waals surface area contributed by atoms with Crippen LogP contribution in [0.5, 0.6) is 0 Å². The molecule has 2 fully saturated rings. The Balaban J connectivity index is 1.43. The standard InChI is InChI=1S/C20H19F3N4O4S/c21-12-7-15(22)19(16(23)8-12)27-18-4-2-1-3-17(18)26(32(27,30)31)6-5-24-10-14-9-13(24)11-25(14)20(28)29/h1-4,7-8,13-14H,5-6,9-11H2,(H,28,29)/t13-,14-/m0/s1. The number of para-hydroxylation sites is 2. The van der Waals surface area contributed by atoms with Crippen molar-refractivity contribution in [3.8, 4) is 0 Å². The van der Waals surface area contributed by atoms with Gasteiger partial charge < -0.3 is 10.0 Å². The Labute approximate surface area is 182 Å². The first-order valence-corrected chi connectivity index (χ1v) is 11.4. The average Bonchev–Trinajstić information content (AvgIpc) is 3.36. The van der Waals surface area contributed by atoms with Crippen LogP contribution < -0.4 is 8.61 Å². The van der Waals surface area contributed by atoms with E-state index in [9.17, 15) is 31.5 Å². The summed E-state index contributed by atoms with van der Waals surface area (Å²) >= 11 is 0. The molecule has 0 aromatic heterocycles. The number of piperazine rings is 1. The molecule has 5 rings (SSSR count). The van der Waals surface area contributed by atoms with Crippen LogP contribution in [0.1, 0.15) is 6.42 Å². The van der Waals surface area contributed by atoms with E-state index in [1.807, 2.05) is 4.90 Å². The third kappa shape index (κ3) is 3.08. The summed E-state index contributed by atoms with van der Waals surface area (Å²) in [6.45, 7) is 1.19. The molecule has 0 radical (unpaired) electrons. The number of carbonyl (C=O) groups is 1. The van der Waals surface area contributed by atoms with Crippen molar-refractivity contribution in [1.82, 2.24) is 9.80 Å². The predicted octanol–water partition coefficient (Wildman–Crippen LogP) is 2.74. The molecule has 32 heavy (non-hydrogen) atoms. The molecule has 0 spiro atoms. The van der Waals surface area contributed by atoms with Crippen LogP contribution in [0.15, 0.2) is 36.4 Å². The van der Waals surface area contributed by atoms with Gasteiger partial charge in [-0.1, -0.05) is 12.1 Å². The zero-order valence-corrected chi connectivity index (χ0v) is 17.5. The van der Waals surface area contributed by atoms with Gasteiger partial charge in [-0.25, -0.2) is 26.6 Å². The van der Waals surface area contributed by atoms with Crippen LogP contribution in [0.25, 0.3) is 0 Å². The van der Waals surface area contributed by atoms with Crippen molar-refractivity contribution >= 4 is 33.4 Å². The van der Waals surface area contributed by atoms with Gasteiger partial charge >= 0.3 is 16.3 Å². The van der Waals surface area contributed by atoms with Crippen molar-refractivity contribution in [3.05, 3.63) is 53.8 Å². The maximum atomic E-state index is 14.5. The zero-order valence-electron chi connectivity index (χ0n) is 16.7. The Kier molecular flexibility index (Phi) is 4.75. The van der Waals surface area contributed by atoms with Crippen molar-refractivity contribution in [2.75, 3.05) is 34.8 Å². The number of likely N-dealkylation sites (tertiary alicyclic amines) is 2. The largest absolute Gasteiger partial charge is 0.465 e. The SMILES string of the molecule is O=C(O)N1C[C@@H]2C[C@H]1CN2CCN1c2ccccc2N(c2c(F)cc(F)cc2F)S1(=O)=O. The Hall–Kier alpha value is -2.99. The van der Waals surface area contributed by atoms with Gasteiger partial charge in [0.1, 0.15) is 11.5 Å². The van der Waals surface area contributed by atoms with Crippen LogP contribution in [0.2, 0.25) is 0 Å². The molecule has 2 aromatic carbocycles. The van der Waals surface area contributed by atoms with Crippen molar-refractivity contribution in [2.45, 2.75) is 18.5 Å². The molecule has 2 aromatic rings. The molecule has 3 heterocycles. The lowest BCUT2D eigenvalue weighted by molar-refractivity contribution is 0.104. The normalized spacial score (nSPS) is 23.8. The van der Waals surface area contributed by atoms with Crippen molar-refractivity contribution in [2.24, 2.45) is 0 Å². The maximum absolute atomic E-state index is 14.5. The van der Waals surface area contributed by atoms with E-state index in [0.717, 1.165) is 4.31 Å². The second kappa shape index (κ2) is 7.27. The van der Waals surface area contributed by atoms with E-state index in [1.165, 1.54) is 17.0 Å². The van der Waals surface area contributed by atoms with E-state index in [-0.39, 0.29) is 30.0 Å². The van der Waals surface area contributed by atoms with Gasteiger partial charge in [0, 0.05) is 50.4 Å². The first-order chi connectivity index (χ1) is 15.2. The number of hydrogen-bond acceptors (Lipinski definition) is 4. The lowest BCUT2D eigenvalue weighted by Crippen LogP contribution is -2.50. The van der Waals surface area contributed by atoms with Gasteiger partial charge in [-0.15, -0.1) is 0 Å². The fourth-order valence-electron chi connectivity index (χ4n) is 4.87. The molecular formula is C20H19F3N4O4S. The highest BCUT2D eigenvalue weighted by molar-refractivity contribution is 7.95. The van der Waals surface area contributed by atoms with Crippen LogP contribution in [0, 0.1) is 17.5 Å². The van der Waals surface area contributed by atoms with E-state index in [2.05, 4.69) is 0 Å². The van der Waals surface area contributed by atoms with Crippen LogP contribution in [-0.4, -0.2) is 67.7 Å². The second-order valence-corrected chi connectivity index (χ2v) is 9.73. The third-order valence-electron chi connectivity index (χ3n) is 6.25. The molecule has 8 nitrogen and oxygen atoms in total. The molecule has 3 aliphatic rings. The van der Waals surface area contributed by atoms with Gasteiger partial charge in [0.15, 0.2) is 11.6 Å². The number of anilines is 3. The Morgan fingerprint density at radius 1 is 1.00 bits per heavy atom. The molecule has 0 saturated carbocycles. The lowest BCUT2D eigenvalue weighted by Gasteiger charge is -2.33. The fourth-order valence-corrected chi connectivity index (χ4v) is 6.59. The molecule has 1 amide bonds. The Morgan fingerprint density at radius 3 is 2.25 bits per heavy atom. The molecule has 1 N–H and O–H groups in total. The molecule has 170 valence electrons. The van der Waals surface area contributed by atoms with Crippen molar-refractivity contribution in [1.29, 1.82) is 0 Å². The van der Waals surface area contributed by atoms with Crippen LogP contribution >= 0.6 is 0 Å². The number of benzene rings is 2. The number of nitrogens with zero attached hydrogens (tertiary/aromatic N) is 4. The van der Waals surface area contributed by atoms with Crippen LogP contribution in [0.3, 0.4) is 0 Å². The summed E-state index contributed by atoms with van der Waals surface area (Å²) in [6, 6.07) is 6.88. The van der Waals surface area contributed by atoms with Crippen LogP contribution in [0.4, 0.5) is 35.0 Å². The van der Waals surface area contributed by atoms with E-state index in [1.54, 1.807) is 12.1 Å². The van der Waals surface area contributed by atoms with Gasteiger partial charge in [0.25, 0.3) is 0 Å². The van der Waals surface area contributed by atoms with E-state index in [4.69, 9.17) is 0 Å². The average molecular weight is 468 g/mol. The Bertz CT molecular complexity index is 1190. The number of rotatable bonds is 4. The van der Waals surface area contributed by atoms with Gasteiger partial charge in [0.2, 0.25) is 0 Å². The molecule has 3 aliphatic heterocycles. The second-order valence-electron chi connectivity index (χ2n) is 8.02. The number of amides is 1. The highest BCUT2D eigenvalue weighted by Gasteiger charge is 2.47. The molecule has 0 unspecified atom stereocenters. The lowest BCUT2D eigenvalue weighted by atomic mass is 10.2. The maximum Gasteiger partial charge on any atom is 0.407 e. The van der Waals surface area contributed by atoms with Gasteiger partial charge in [-0.05, 0) is 18.6 Å². The number of fused-ring (bicyclic) bond motifs is 3. The smallest absolute Gasteiger partial charge is 0.407 e. The number of halogens is 3. The Morgan fingerprint density at radius 2 is 1.66 bits per heavy atom. The summed E-state index contributed by atoms with van der Waals surface area (Å²) < 4.78 is 70.8. The van der Waals surface area contributed by atoms with E-state index in [0.29, 0.717) is 42.5 Å². The summed E-state index contributed by atoms with van der Waals surface area (Å²) in [4.78, 5) is 14.7.